The van der Waals surface area contributed by atoms with Crippen LogP contribution in [-0.4, -0.2) is 17.9 Å². The van der Waals surface area contributed by atoms with Crippen molar-refractivity contribution in [3.63, 3.8) is 0 Å². The lowest BCUT2D eigenvalue weighted by Gasteiger charge is -2.19. The minimum absolute atomic E-state index is 0.0114. The molecule has 154 valence electrons. The van der Waals surface area contributed by atoms with E-state index in [4.69, 9.17) is 4.74 Å². The van der Waals surface area contributed by atoms with E-state index in [1.807, 2.05) is 18.2 Å². The Morgan fingerprint density at radius 2 is 1.76 bits per heavy atom. The van der Waals surface area contributed by atoms with Crippen molar-refractivity contribution < 1.29 is 14.3 Å². The van der Waals surface area contributed by atoms with Crippen LogP contribution in [0.3, 0.4) is 0 Å². The fraction of sp³-hybridized carbons (Fsp3) is 0.417. The minimum atomic E-state index is -0.549. The van der Waals surface area contributed by atoms with Crippen LogP contribution in [0.25, 0.3) is 0 Å². The summed E-state index contributed by atoms with van der Waals surface area (Å²) in [6, 6.07) is 14.8. The molecule has 1 unspecified atom stereocenters. The molecule has 5 nitrogen and oxygen atoms in total. The first-order valence-corrected chi connectivity index (χ1v) is 10.4. The zero-order valence-corrected chi connectivity index (χ0v) is 17.2. The molecule has 29 heavy (non-hydrogen) atoms. The van der Waals surface area contributed by atoms with E-state index >= 15 is 0 Å². The van der Waals surface area contributed by atoms with Crippen LogP contribution < -0.4 is 15.4 Å². The van der Waals surface area contributed by atoms with Crippen LogP contribution in [0.15, 0.2) is 48.5 Å². The molecule has 2 aromatic rings. The highest BCUT2D eigenvalue weighted by molar-refractivity contribution is 5.95. The largest absolute Gasteiger partial charge is 0.417 e. The van der Waals surface area contributed by atoms with Gasteiger partial charge in [-0.15, -0.1) is 0 Å². The van der Waals surface area contributed by atoms with Gasteiger partial charge in [-0.2, -0.15) is 0 Å². The van der Waals surface area contributed by atoms with Crippen LogP contribution in [0.2, 0.25) is 0 Å². The van der Waals surface area contributed by atoms with Gasteiger partial charge in [0.2, 0.25) is 0 Å². The number of anilines is 1. The normalized spacial score (nSPS) is 15.1. The maximum Gasteiger partial charge on any atom is 0.417 e. The van der Waals surface area contributed by atoms with Crippen molar-refractivity contribution in [1.82, 2.24) is 5.32 Å². The highest BCUT2D eigenvalue weighted by Gasteiger charge is 2.18. The lowest BCUT2D eigenvalue weighted by Crippen LogP contribution is -2.28. The second kappa shape index (κ2) is 10.2. The molecule has 2 aromatic carbocycles. The van der Waals surface area contributed by atoms with Gasteiger partial charge in [0.05, 0.1) is 0 Å². The van der Waals surface area contributed by atoms with E-state index in [1.165, 1.54) is 39.0 Å². The number of ketones is 1. The number of benzene rings is 2. The van der Waals surface area contributed by atoms with Crippen molar-refractivity contribution >= 4 is 17.6 Å². The van der Waals surface area contributed by atoms with Gasteiger partial charge < -0.3 is 10.1 Å². The molecule has 0 bridgehead atoms. The van der Waals surface area contributed by atoms with Crippen LogP contribution in [0.4, 0.5) is 10.5 Å². The summed E-state index contributed by atoms with van der Waals surface area (Å²) >= 11 is 0. The van der Waals surface area contributed by atoms with Crippen LogP contribution in [0.5, 0.6) is 5.75 Å². The van der Waals surface area contributed by atoms with Crippen LogP contribution in [-0.2, 0) is 6.54 Å². The number of carbonyl (C=O) groups excluding carboxylic acids is 2. The maximum atomic E-state index is 12.3. The van der Waals surface area contributed by atoms with Gasteiger partial charge in [0, 0.05) is 29.4 Å². The molecule has 0 aromatic heterocycles. The highest BCUT2D eigenvalue weighted by Crippen LogP contribution is 2.28. The molecule has 0 spiro atoms. The third-order valence-electron chi connectivity index (χ3n) is 5.52. The number of nitrogens with one attached hydrogen (secondary N) is 2. The van der Waals surface area contributed by atoms with Crippen molar-refractivity contribution in [2.45, 2.75) is 58.5 Å². The first-order chi connectivity index (χ1) is 14.0. The first-order valence-electron chi connectivity index (χ1n) is 10.4. The van der Waals surface area contributed by atoms with Crippen molar-refractivity contribution in [2.75, 3.05) is 5.32 Å². The number of amides is 1. The summed E-state index contributed by atoms with van der Waals surface area (Å²) in [4.78, 5) is 23.6. The van der Waals surface area contributed by atoms with Crippen molar-refractivity contribution in [2.24, 2.45) is 5.92 Å². The Hall–Kier alpha value is -2.66. The maximum absolute atomic E-state index is 12.3. The number of para-hydroxylation sites is 1. The fourth-order valence-corrected chi connectivity index (χ4v) is 3.89. The van der Waals surface area contributed by atoms with Gasteiger partial charge in [-0.25, -0.2) is 4.79 Å². The molecule has 0 aliphatic heterocycles. The molecule has 1 amide bonds. The SMILES string of the molecule is CC(=O)c1ccc(NC(=O)Oc2ccccc2CNC(C)CC2CCCC2)cc1. The Kier molecular flexibility index (Phi) is 7.42. The summed E-state index contributed by atoms with van der Waals surface area (Å²) in [7, 11) is 0. The van der Waals surface area contributed by atoms with E-state index in [9.17, 15) is 9.59 Å². The van der Waals surface area contributed by atoms with E-state index < -0.39 is 6.09 Å². The van der Waals surface area contributed by atoms with E-state index in [2.05, 4.69) is 17.6 Å². The Balaban J connectivity index is 1.53. The summed E-state index contributed by atoms with van der Waals surface area (Å²) in [5, 5.41) is 6.27. The first kappa shape index (κ1) is 21.1. The lowest BCUT2D eigenvalue weighted by atomic mass is 9.99. The average molecular weight is 395 g/mol. The summed E-state index contributed by atoms with van der Waals surface area (Å²) in [5.41, 5.74) is 2.14. The second-order valence-electron chi connectivity index (χ2n) is 7.92. The van der Waals surface area contributed by atoms with Crippen LogP contribution >= 0.6 is 0 Å². The second-order valence-corrected chi connectivity index (χ2v) is 7.92. The quantitative estimate of drug-likeness (QED) is 0.575. The van der Waals surface area contributed by atoms with Crippen molar-refractivity contribution in [1.29, 1.82) is 0 Å². The average Bonchev–Trinajstić information content (AvgIpc) is 3.20. The van der Waals surface area contributed by atoms with Crippen LogP contribution in [0, 0.1) is 5.92 Å². The molecule has 1 aliphatic rings. The van der Waals surface area contributed by atoms with Crippen molar-refractivity contribution in [3.05, 3.63) is 59.7 Å². The number of Topliss-reactive ketones (excluding diaryl/α,β-unsaturated/α-hetero) is 1. The van der Waals surface area contributed by atoms with Gasteiger partial charge in [0.1, 0.15) is 5.75 Å². The lowest BCUT2D eigenvalue weighted by molar-refractivity contribution is 0.101. The third kappa shape index (κ3) is 6.43. The molecule has 1 atom stereocenters. The number of hydrogen-bond donors (Lipinski definition) is 2. The monoisotopic (exact) mass is 394 g/mol. The summed E-state index contributed by atoms with van der Waals surface area (Å²) in [5.74, 6) is 1.37. The summed E-state index contributed by atoms with van der Waals surface area (Å²) < 4.78 is 5.54. The highest BCUT2D eigenvalue weighted by atomic mass is 16.6. The third-order valence-corrected chi connectivity index (χ3v) is 5.52. The number of ether oxygens (including phenoxy) is 1. The minimum Gasteiger partial charge on any atom is -0.410 e. The number of rotatable bonds is 8. The van der Waals surface area contributed by atoms with Gasteiger partial charge in [-0.1, -0.05) is 43.9 Å². The predicted molar refractivity (Wildman–Crippen MR) is 115 cm³/mol. The zero-order chi connectivity index (χ0) is 20.6. The molecule has 0 heterocycles. The molecule has 3 rings (SSSR count). The molecule has 5 heteroatoms. The molecule has 2 N–H and O–H groups in total. The molecular formula is C24H30N2O3. The molecule has 1 aliphatic carbocycles. The van der Waals surface area contributed by atoms with E-state index in [0.29, 0.717) is 29.6 Å². The Morgan fingerprint density at radius 1 is 1.07 bits per heavy atom. The van der Waals surface area contributed by atoms with E-state index in [-0.39, 0.29) is 5.78 Å². The predicted octanol–water partition coefficient (Wildman–Crippen LogP) is 5.56. The van der Waals surface area contributed by atoms with Gasteiger partial charge in [0.25, 0.3) is 0 Å². The molecule has 1 fully saturated rings. The fourth-order valence-electron chi connectivity index (χ4n) is 3.89. The van der Waals surface area contributed by atoms with E-state index in [0.717, 1.165) is 11.5 Å². The van der Waals surface area contributed by atoms with Gasteiger partial charge >= 0.3 is 6.09 Å². The van der Waals surface area contributed by atoms with E-state index in [1.54, 1.807) is 30.3 Å². The van der Waals surface area contributed by atoms with Gasteiger partial charge in [-0.3, -0.25) is 10.1 Å². The van der Waals surface area contributed by atoms with Gasteiger partial charge in [0.15, 0.2) is 5.78 Å². The summed E-state index contributed by atoms with van der Waals surface area (Å²) in [6.45, 7) is 4.39. The Bertz CT molecular complexity index is 826. The van der Waals surface area contributed by atoms with Crippen molar-refractivity contribution in [3.8, 4) is 5.75 Å². The summed E-state index contributed by atoms with van der Waals surface area (Å²) in [6.07, 6.45) is 6.06. The Morgan fingerprint density at radius 3 is 2.45 bits per heavy atom. The smallest absolute Gasteiger partial charge is 0.410 e. The van der Waals surface area contributed by atoms with Crippen LogP contribution in [0.1, 0.15) is 61.9 Å². The molecular weight excluding hydrogens is 364 g/mol. The molecule has 1 saturated carbocycles. The molecule has 0 radical (unpaired) electrons. The molecule has 0 saturated heterocycles. The van der Waals surface area contributed by atoms with Gasteiger partial charge in [-0.05, 0) is 56.5 Å². The Labute approximate surface area is 172 Å². The topological polar surface area (TPSA) is 67.4 Å². The standard InChI is InChI=1S/C24H30N2O3/c1-17(15-19-7-3-4-8-19)25-16-21-9-5-6-10-23(21)29-24(28)26-22-13-11-20(12-14-22)18(2)27/h5-6,9-14,17,19,25H,3-4,7-8,15-16H2,1-2H3,(H,26,28). The number of carbonyl (C=O) groups is 2. The zero-order valence-electron chi connectivity index (χ0n) is 17.2. The number of hydrogen-bond acceptors (Lipinski definition) is 4.